The van der Waals surface area contributed by atoms with Crippen molar-refractivity contribution in [1.29, 1.82) is 0 Å². The summed E-state index contributed by atoms with van der Waals surface area (Å²) in [7, 11) is 0. The average Bonchev–Trinajstić information content (AvgIpc) is 3.01. The number of nitrogens with one attached hydrogen (secondary N) is 1. The number of nitrogens with two attached hydrogens (primary N) is 1. The lowest BCUT2D eigenvalue weighted by molar-refractivity contribution is -0.110. The number of benzene rings is 2. The van der Waals surface area contributed by atoms with E-state index in [1.54, 1.807) is 6.07 Å². The minimum absolute atomic E-state index is 0.263. The van der Waals surface area contributed by atoms with Gasteiger partial charge in [-0.15, -0.1) is 0 Å². The maximum absolute atomic E-state index is 12.5. The van der Waals surface area contributed by atoms with E-state index in [0.29, 0.717) is 28.2 Å². The van der Waals surface area contributed by atoms with Gasteiger partial charge >= 0.3 is 0 Å². The Kier molecular flexibility index (Phi) is 3.13. The number of anilines is 2. The highest BCUT2D eigenvalue weighted by Gasteiger charge is 2.37. The van der Waals surface area contributed by atoms with Gasteiger partial charge in [0.15, 0.2) is 0 Å². The van der Waals surface area contributed by atoms with Crippen molar-refractivity contribution >= 4 is 51.2 Å². The molecule has 0 saturated carbocycles. The van der Waals surface area contributed by atoms with Gasteiger partial charge in [0.25, 0.3) is 5.91 Å². The Morgan fingerprint density at radius 2 is 1.96 bits per heavy atom. The lowest BCUT2D eigenvalue weighted by Gasteiger charge is -2.15. The van der Waals surface area contributed by atoms with Crippen molar-refractivity contribution < 1.29 is 10.0 Å². The molecule has 0 fully saturated rings. The highest BCUT2D eigenvalue weighted by atomic mass is 127. The molecule has 7 heteroatoms. The van der Waals surface area contributed by atoms with Crippen LogP contribution in [0.5, 0.6) is 0 Å². The molecule has 0 aromatic heterocycles. The Balaban J connectivity index is 2.03. The summed E-state index contributed by atoms with van der Waals surface area (Å²) in [5, 5.41) is 17.1. The highest BCUT2D eigenvalue weighted by molar-refractivity contribution is 14.1. The fourth-order valence-corrected chi connectivity index (χ4v) is 3.45. The second-order valence-corrected chi connectivity index (χ2v) is 6.45. The third kappa shape index (κ3) is 1.97. The standard InChI is InChI=1S/C16H11IN4O2/c17-8-5-6-11-10(7-8)13(16(22)19-11)15-14(20-23)9-3-1-2-4-12(9)21(15)18/h1-7,23H,18H2,(H,19,22)/b15-13-,20-14+. The van der Waals surface area contributed by atoms with Crippen molar-refractivity contribution in [3.63, 3.8) is 0 Å². The summed E-state index contributed by atoms with van der Waals surface area (Å²) >= 11 is 2.19. The minimum atomic E-state index is -0.263. The van der Waals surface area contributed by atoms with Gasteiger partial charge in [-0.05, 0) is 46.9 Å². The van der Waals surface area contributed by atoms with Crippen molar-refractivity contribution in [1.82, 2.24) is 0 Å². The average molecular weight is 418 g/mol. The van der Waals surface area contributed by atoms with Crippen LogP contribution in [0.1, 0.15) is 11.1 Å². The lowest BCUT2D eigenvalue weighted by atomic mass is 10.0. The van der Waals surface area contributed by atoms with Crippen LogP contribution >= 0.6 is 22.6 Å². The molecule has 23 heavy (non-hydrogen) atoms. The second kappa shape index (κ2) is 5.07. The SMILES string of the molecule is NN1C(=C2\C(=O)Nc3ccc(I)cc32)/C(=N/O)c2ccccc21. The molecule has 0 atom stereocenters. The van der Waals surface area contributed by atoms with Gasteiger partial charge in [-0.25, -0.2) is 5.84 Å². The van der Waals surface area contributed by atoms with Crippen LogP contribution in [-0.2, 0) is 4.79 Å². The molecule has 0 unspecified atom stereocenters. The van der Waals surface area contributed by atoms with E-state index < -0.39 is 0 Å². The van der Waals surface area contributed by atoms with Crippen LogP contribution in [0.25, 0.3) is 5.57 Å². The summed E-state index contributed by atoms with van der Waals surface area (Å²) < 4.78 is 0.998. The zero-order valence-electron chi connectivity index (χ0n) is 11.7. The molecule has 2 aliphatic rings. The largest absolute Gasteiger partial charge is 0.410 e. The number of nitrogens with zero attached hydrogens (tertiary/aromatic N) is 2. The normalized spacial score (nSPS) is 20.7. The molecular formula is C16H11IN4O2. The summed E-state index contributed by atoms with van der Waals surface area (Å²) in [6.45, 7) is 0. The van der Waals surface area contributed by atoms with E-state index in [4.69, 9.17) is 5.84 Å². The number of hydrogen-bond acceptors (Lipinski definition) is 5. The molecule has 0 saturated heterocycles. The molecule has 2 aromatic carbocycles. The van der Waals surface area contributed by atoms with Gasteiger partial charge in [0, 0.05) is 20.4 Å². The van der Waals surface area contributed by atoms with Crippen molar-refractivity contribution in [3.05, 3.63) is 62.9 Å². The van der Waals surface area contributed by atoms with E-state index in [-0.39, 0.29) is 5.91 Å². The fraction of sp³-hybridized carbons (Fsp3) is 0. The van der Waals surface area contributed by atoms with Gasteiger partial charge in [0.1, 0.15) is 11.4 Å². The smallest absolute Gasteiger partial charge is 0.258 e. The van der Waals surface area contributed by atoms with Gasteiger partial charge < -0.3 is 10.5 Å². The van der Waals surface area contributed by atoms with Gasteiger partial charge in [-0.3, -0.25) is 9.80 Å². The predicted molar refractivity (Wildman–Crippen MR) is 96.1 cm³/mol. The van der Waals surface area contributed by atoms with Crippen LogP contribution in [0.15, 0.2) is 53.3 Å². The van der Waals surface area contributed by atoms with E-state index >= 15 is 0 Å². The first kappa shape index (κ1) is 14.2. The molecule has 0 aliphatic carbocycles. The summed E-state index contributed by atoms with van der Waals surface area (Å²) in [4.78, 5) is 12.5. The first-order chi connectivity index (χ1) is 11.1. The number of carbonyl (C=O) groups is 1. The quantitative estimate of drug-likeness (QED) is 0.202. The third-order valence-electron chi connectivity index (χ3n) is 3.95. The molecule has 2 heterocycles. The van der Waals surface area contributed by atoms with Gasteiger partial charge in [-0.1, -0.05) is 23.4 Å². The number of amides is 1. The first-order valence-electron chi connectivity index (χ1n) is 6.84. The zero-order valence-corrected chi connectivity index (χ0v) is 13.9. The van der Waals surface area contributed by atoms with Crippen LogP contribution in [0.3, 0.4) is 0 Å². The van der Waals surface area contributed by atoms with Crippen LogP contribution < -0.4 is 16.2 Å². The van der Waals surface area contributed by atoms with E-state index in [0.717, 1.165) is 14.8 Å². The number of fused-ring (bicyclic) bond motifs is 2. The Bertz CT molecular complexity index is 920. The maximum atomic E-state index is 12.5. The molecule has 6 nitrogen and oxygen atoms in total. The number of hydrazine groups is 1. The van der Waals surface area contributed by atoms with E-state index in [1.807, 2.05) is 36.4 Å². The Labute approximate surface area is 145 Å². The minimum Gasteiger partial charge on any atom is -0.410 e. The number of rotatable bonds is 0. The number of allylic oxidation sites excluding steroid dienone is 1. The van der Waals surface area contributed by atoms with E-state index in [2.05, 4.69) is 33.1 Å². The second-order valence-electron chi connectivity index (χ2n) is 5.20. The molecule has 1 amide bonds. The van der Waals surface area contributed by atoms with Crippen molar-refractivity contribution in [2.75, 3.05) is 10.3 Å². The van der Waals surface area contributed by atoms with Gasteiger partial charge in [0.2, 0.25) is 0 Å². The van der Waals surface area contributed by atoms with E-state index in [9.17, 15) is 10.0 Å². The van der Waals surface area contributed by atoms with E-state index in [1.165, 1.54) is 5.01 Å². The molecule has 2 aliphatic heterocycles. The highest BCUT2D eigenvalue weighted by Crippen LogP contribution is 2.41. The fourth-order valence-electron chi connectivity index (χ4n) is 2.96. The Morgan fingerprint density at radius 3 is 2.74 bits per heavy atom. The van der Waals surface area contributed by atoms with Crippen molar-refractivity contribution in [3.8, 4) is 0 Å². The Hall–Kier alpha value is -2.39. The number of oxime groups is 1. The molecular weight excluding hydrogens is 407 g/mol. The molecule has 2 aromatic rings. The number of halogens is 1. The third-order valence-corrected chi connectivity index (χ3v) is 4.62. The summed E-state index contributed by atoms with van der Waals surface area (Å²) in [6, 6.07) is 13.0. The number of carbonyl (C=O) groups excluding carboxylic acids is 1. The van der Waals surface area contributed by atoms with Gasteiger partial charge in [0.05, 0.1) is 11.3 Å². The number of para-hydroxylation sites is 1. The summed E-state index contributed by atoms with van der Waals surface area (Å²) in [6.07, 6.45) is 0. The van der Waals surface area contributed by atoms with Crippen LogP contribution in [-0.4, -0.2) is 16.8 Å². The summed E-state index contributed by atoms with van der Waals surface area (Å²) in [5.41, 5.74) is 3.94. The number of hydrogen-bond donors (Lipinski definition) is 3. The first-order valence-corrected chi connectivity index (χ1v) is 7.92. The molecule has 4 N–H and O–H groups in total. The molecule has 0 bridgehead atoms. The van der Waals surface area contributed by atoms with Crippen LogP contribution in [0.2, 0.25) is 0 Å². The molecule has 0 radical (unpaired) electrons. The molecule has 114 valence electrons. The maximum Gasteiger partial charge on any atom is 0.258 e. The topological polar surface area (TPSA) is 91.0 Å². The Morgan fingerprint density at radius 1 is 1.17 bits per heavy atom. The van der Waals surface area contributed by atoms with Crippen molar-refractivity contribution in [2.24, 2.45) is 11.0 Å². The van der Waals surface area contributed by atoms with Crippen LogP contribution in [0.4, 0.5) is 11.4 Å². The van der Waals surface area contributed by atoms with Crippen molar-refractivity contribution in [2.45, 2.75) is 0 Å². The van der Waals surface area contributed by atoms with Gasteiger partial charge in [-0.2, -0.15) is 0 Å². The molecule has 4 rings (SSSR count). The van der Waals surface area contributed by atoms with Crippen LogP contribution in [0, 0.1) is 3.57 Å². The molecule has 0 spiro atoms. The monoisotopic (exact) mass is 418 g/mol. The predicted octanol–water partition coefficient (Wildman–Crippen LogP) is 2.53. The summed E-state index contributed by atoms with van der Waals surface area (Å²) in [5.74, 6) is 5.93. The lowest BCUT2D eigenvalue weighted by Crippen LogP contribution is -2.30. The zero-order chi connectivity index (χ0) is 16.1.